The van der Waals surface area contributed by atoms with Gasteiger partial charge in [0.1, 0.15) is 5.65 Å². The summed E-state index contributed by atoms with van der Waals surface area (Å²) < 4.78 is 5.18. The van der Waals surface area contributed by atoms with Crippen molar-refractivity contribution in [3.05, 3.63) is 49.1 Å². The summed E-state index contributed by atoms with van der Waals surface area (Å²) in [5.41, 5.74) is 5.49. The van der Waals surface area contributed by atoms with E-state index in [0.717, 1.165) is 56.4 Å². The van der Waals surface area contributed by atoms with Crippen LogP contribution in [0.3, 0.4) is 0 Å². The fourth-order valence-corrected chi connectivity index (χ4v) is 6.69. The normalized spacial score (nSPS) is 15.6. The number of hydrogen-bond donors (Lipinski definition) is 1. The van der Waals surface area contributed by atoms with Gasteiger partial charge >= 0.3 is 0 Å². The van der Waals surface area contributed by atoms with Crippen LogP contribution < -0.4 is 4.90 Å². The number of halogens is 3. The highest BCUT2D eigenvalue weighted by molar-refractivity contribution is 9.11. The third-order valence-corrected chi connectivity index (χ3v) is 7.16. The molecule has 1 fully saturated rings. The van der Waals surface area contributed by atoms with Crippen molar-refractivity contribution in [2.45, 2.75) is 26.7 Å². The zero-order valence-electron chi connectivity index (χ0n) is 15.8. The van der Waals surface area contributed by atoms with Crippen molar-refractivity contribution in [2.24, 2.45) is 5.92 Å². The van der Waals surface area contributed by atoms with Gasteiger partial charge in [0.15, 0.2) is 0 Å². The van der Waals surface area contributed by atoms with E-state index in [9.17, 15) is 5.11 Å². The Morgan fingerprint density at radius 1 is 1.07 bits per heavy atom. The number of aliphatic hydroxyl groups excluding tert-OH is 1. The van der Waals surface area contributed by atoms with Crippen LogP contribution in [0.15, 0.2) is 37.8 Å². The summed E-state index contributed by atoms with van der Waals surface area (Å²) >= 11 is 11.0. The molecule has 0 saturated carbocycles. The smallest absolute Gasteiger partial charge is 0.147 e. The third-order valence-electron chi connectivity index (χ3n) is 5.49. The molecule has 0 amide bonds. The lowest BCUT2D eigenvalue weighted by Crippen LogP contribution is -2.35. The summed E-state index contributed by atoms with van der Waals surface area (Å²) in [6.07, 6.45) is 4.23. The molecule has 0 radical (unpaired) electrons. The van der Waals surface area contributed by atoms with Crippen LogP contribution in [0.1, 0.15) is 24.1 Å². The van der Waals surface area contributed by atoms with Gasteiger partial charge in [-0.2, -0.15) is 0 Å². The molecule has 0 bridgehead atoms. The number of aromatic nitrogens is 2. The second-order valence-corrected chi connectivity index (χ2v) is 10.1. The van der Waals surface area contributed by atoms with E-state index in [1.165, 1.54) is 16.6 Å². The molecule has 148 valence electrons. The summed E-state index contributed by atoms with van der Waals surface area (Å²) in [4.78, 5) is 7.36. The first-order valence-electron chi connectivity index (χ1n) is 9.39. The van der Waals surface area contributed by atoms with Crippen molar-refractivity contribution in [1.29, 1.82) is 0 Å². The first kappa shape index (κ1) is 20.4. The Balaban J connectivity index is 1.88. The van der Waals surface area contributed by atoms with E-state index >= 15 is 0 Å². The number of anilines is 1. The number of fused-ring (bicyclic) bond motifs is 1. The standard InChI is InChI=1S/C21H22Br3N3O/c1-12-10-27(20-16(23)8-15(22)9-17(20)24)21-19(12)18(7-13(2)25-21)26-5-3-14(11-28)4-6-26/h7-10,14,28H,3-6,11H2,1-2H3. The lowest BCUT2D eigenvalue weighted by molar-refractivity contribution is 0.203. The zero-order chi connectivity index (χ0) is 20.0. The molecule has 0 atom stereocenters. The minimum atomic E-state index is 0.291. The van der Waals surface area contributed by atoms with Gasteiger partial charge < -0.3 is 10.0 Å². The van der Waals surface area contributed by atoms with Gasteiger partial charge in [0.25, 0.3) is 0 Å². The number of aryl methyl sites for hydroxylation is 2. The average molecular weight is 572 g/mol. The van der Waals surface area contributed by atoms with Gasteiger partial charge in [-0.3, -0.25) is 4.57 Å². The Morgan fingerprint density at radius 2 is 1.71 bits per heavy atom. The molecule has 4 nitrogen and oxygen atoms in total. The van der Waals surface area contributed by atoms with Crippen molar-refractivity contribution in [2.75, 3.05) is 24.6 Å². The third kappa shape index (κ3) is 3.66. The van der Waals surface area contributed by atoms with E-state index < -0.39 is 0 Å². The van der Waals surface area contributed by atoms with Gasteiger partial charge in [-0.15, -0.1) is 0 Å². The Bertz CT molecular complexity index is 1020. The first-order valence-corrected chi connectivity index (χ1v) is 11.8. The molecular weight excluding hydrogens is 550 g/mol. The molecule has 2 aromatic heterocycles. The lowest BCUT2D eigenvalue weighted by Gasteiger charge is -2.33. The minimum Gasteiger partial charge on any atom is -0.396 e. The van der Waals surface area contributed by atoms with Gasteiger partial charge in [-0.1, -0.05) is 15.9 Å². The SMILES string of the molecule is Cc1cc(N2CCC(CO)CC2)c2c(C)cn(-c3c(Br)cc(Br)cc3Br)c2n1. The van der Waals surface area contributed by atoms with Crippen LogP contribution in [0, 0.1) is 19.8 Å². The molecule has 3 aromatic rings. The first-order chi connectivity index (χ1) is 13.4. The second-order valence-electron chi connectivity index (χ2n) is 7.49. The van der Waals surface area contributed by atoms with Crippen molar-refractivity contribution in [3.63, 3.8) is 0 Å². The summed E-state index contributed by atoms with van der Waals surface area (Å²) in [5, 5.41) is 10.7. The molecule has 3 heterocycles. The topological polar surface area (TPSA) is 41.3 Å². The average Bonchev–Trinajstić information content (AvgIpc) is 2.96. The van der Waals surface area contributed by atoms with Crippen LogP contribution in [0.4, 0.5) is 5.69 Å². The van der Waals surface area contributed by atoms with Crippen molar-refractivity contribution < 1.29 is 5.11 Å². The van der Waals surface area contributed by atoms with Gasteiger partial charge in [0, 0.05) is 56.1 Å². The number of benzene rings is 1. The number of piperidine rings is 1. The largest absolute Gasteiger partial charge is 0.396 e. The van der Waals surface area contributed by atoms with E-state index in [2.05, 4.69) is 95.5 Å². The van der Waals surface area contributed by atoms with Crippen LogP contribution in [-0.2, 0) is 0 Å². The minimum absolute atomic E-state index is 0.291. The van der Waals surface area contributed by atoms with Crippen molar-refractivity contribution in [3.8, 4) is 5.69 Å². The summed E-state index contributed by atoms with van der Waals surface area (Å²) in [5.74, 6) is 0.426. The molecule has 1 aromatic carbocycles. The summed E-state index contributed by atoms with van der Waals surface area (Å²) in [6, 6.07) is 6.31. The molecule has 4 rings (SSSR count). The van der Waals surface area contributed by atoms with Gasteiger partial charge in [0.05, 0.1) is 5.69 Å². The predicted molar refractivity (Wildman–Crippen MR) is 126 cm³/mol. The maximum absolute atomic E-state index is 9.46. The quantitative estimate of drug-likeness (QED) is 0.411. The highest BCUT2D eigenvalue weighted by atomic mass is 79.9. The fourth-order valence-electron chi connectivity index (χ4n) is 4.05. The van der Waals surface area contributed by atoms with Crippen molar-refractivity contribution >= 4 is 64.5 Å². The van der Waals surface area contributed by atoms with E-state index in [4.69, 9.17) is 4.98 Å². The highest BCUT2D eigenvalue weighted by Crippen LogP contribution is 2.39. The highest BCUT2D eigenvalue weighted by Gasteiger charge is 2.23. The monoisotopic (exact) mass is 569 g/mol. The van der Waals surface area contributed by atoms with Crippen molar-refractivity contribution in [1.82, 2.24) is 9.55 Å². The zero-order valence-corrected chi connectivity index (χ0v) is 20.6. The van der Waals surface area contributed by atoms with Gasteiger partial charge in [-0.05, 0) is 88.2 Å². The van der Waals surface area contributed by atoms with Crippen LogP contribution >= 0.6 is 47.8 Å². The van der Waals surface area contributed by atoms with E-state index in [0.29, 0.717) is 12.5 Å². The molecule has 0 aliphatic carbocycles. The number of aliphatic hydroxyl groups is 1. The maximum Gasteiger partial charge on any atom is 0.147 e. The molecule has 7 heteroatoms. The van der Waals surface area contributed by atoms with Crippen LogP contribution in [0.5, 0.6) is 0 Å². The predicted octanol–water partition coefficient (Wildman–Crippen LogP) is 6.14. The number of pyridine rings is 1. The Labute approximate surface area is 190 Å². The summed E-state index contributed by atoms with van der Waals surface area (Å²) in [7, 11) is 0. The van der Waals surface area contributed by atoms with E-state index in [1.807, 2.05) is 0 Å². The number of nitrogens with zero attached hydrogens (tertiary/aromatic N) is 3. The van der Waals surface area contributed by atoms with Gasteiger partial charge in [0.2, 0.25) is 0 Å². The maximum atomic E-state index is 9.46. The van der Waals surface area contributed by atoms with Crippen LogP contribution in [-0.4, -0.2) is 34.4 Å². The molecule has 1 N–H and O–H groups in total. The number of rotatable bonds is 3. The molecular formula is C21H22Br3N3O. The van der Waals surface area contributed by atoms with E-state index in [-0.39, 0.29) is 0 Å². The molecule has 28 heavy (non-hydrogen) atoms. The molecule has 1 aliphatic rings. The van der Waals surface area contributed by atoms with E-state index in [1.54, 1.807) is 0 Å². The molecule has 1 saturated heterocycles. The second kappa shape index (κ2) is 8.09. The van der Waals surface area contributed by atoms with Crippen LogP contribution in [0.2, 0.25) is 0 Å². The molecule has 0 spiro atoms. The van der Waals surface area contributed by atoms with Gasteiger partial charge in [-0.25, -0.2) is 4.98 Å². The molecule has 0 unspecified atom stereocenters. The number of hydrogen-bond acceptors (Lipinski definition) is 3. The Morgan fingerprint density at radius 3 is 2.32 bits per heavy atom. The van der Waals surface area contributed by atoms with Crippen LogP contribution in [0.25, 0.3) is 16.7 Å². The fraction of sp³-hybridized carbons (Fsp3) is 0.381. The molecule has 1 aliphatic heterocycles. The lowest BCUT2D eigenvalue weighted by atomic mass is 9.97. The Kier molecular flexibility index (Phi) is 5.89. The summed E-state index contributed by atoms with van der Waals surface area (Å²) in [6.45, 7) is 6.45. The Hall–Kier alpha value is -0.890.